The second-order valence-electron chi connectivity index (χ2n) is 5.90. The Balaban J connectivity index is 1.94. The van der Waals surface area contributed by atoms with Gasteiger partial charge in [-0.05, 0) is 43.6 Å². The van der Waals surface area contributed by atoms with Crippen LogP contribution in [0.3, 0.4) is 0 Å². The van der Waals surface area contributed by atoms with E-state index in [4.69, 9.17) is 18.0 Å². The molecule has 0 spiro atoms. The molecule has 6 heteroatoms. The molecule has 1 heterocycles. The summed E-state index contributed by atoms with van der Waals surface area (Å²) >= 11 is 5.10. The van der Waals surface area contributed by atoms with Crippen molar-refractivity contribution < 1.29 is 13.2 Å². The maximum atomic E-state index is 12.5. The molecule has 0 radical (unpaired) electrons. The van der Waals surface area contributed by atoms with E-state index in [1.807, 2.05) is 0 Å². The second kappa shape index (κ2) is 5.93. The van der Waals surface area contributed by atoms with E-state index >= 15 is 0 Å². The summed E-state index contributed by atoms with van der Waals surface area (Å²) in [5.41, 5.74) is 5.96. The highest BCUT2D eigenvalue weighted by Crippen LogP contribution is 2.32. The first-order chi connectivity index (χ1) is 9.71. The third-order valence-corrected chi connectivity index (χ3v) is 4.73. The molecular formula is C15H19F3N2S. The van der Waals surface area contributed by atoms with Gasteiger partial charge in [0, 0.05) is 12.0 Å². The molecule has 0 saturated carbocycles. The molecule has 21 heavy (non-hydrogen) atoms. The number of rotatable bonds is 3. The lowest BCUT2D eigenvalue weighted by Gasteiger charge is -2.38. The molecule has 1 aromatic carbocycles. The molecule has 0 atom stereocenters. The van der Waals surface area contributed by atoms with Crippen molar-refractivity contribution in [2.75, 3.05) is 13.1 Å². The summed E-state index contributed by atoms with van der Waals surface area (Å²) in [5.74, 6) is 0. The van der Waals surface area contributed by atoms with Crippen LogP contribution in [-0.2, 0) is 12.7 Å². The van der Waals surface area contributed by atoms with Crippen molar-refractivity contribution in [2.24, 2.45) is 11.1 Å². The highest BCUT2D eigenvalue weighted by atomic mass is 32.1. The molecule has 0 aliphatic carbocycles. The largest absolute Gasteiger partial charge is 0.416 e. The van der Waals surface area contributed by atoms with Crippen molar-refractivity contribution >= 4 is 17.2 Å². The van der Waals surface area contributed by atoms with Crippen LogP contribution in [0, 0.1) is 5.41 Å². The number of thiocarbonyl (C=S) groups is 1. The number of halogens is 3. The molecule has 2 nitrogen and oxygen atoms in total. The van der Waals surface area contributed by atoms with Gasteiger partial charge in [-0.15, -0.1) is 0 Å². The molecule has 0 aromatic heterocycles. The fraction of sp³-hybridized carbons (Fsp3) is 0.533. The first-order valence-corrected chi connectivity index (χ1v) is 7.30. The normalized spacial score (nSPS) is 19.4. The third kappa shape index (κ3) is 3.95. The molecule has 1 aromatic rings. The van der Waals surface area contributed by atoms with Crippen molar-refractivity contribution in [2.45, 2.75) is 32.5 Å². The van der Waals surface area contributed by atoms with Gasteiger partial charge in [0.2, 0.25) is 0 Å². The molecular weight excluding hydrogens is 297 g/mol. The molecule has 0 amide bonds. The third-order valence-electron chi connectivity index (χ3n) is 4.24. The molecule has 1 saturated heterocycles. The highest BCUT2D eigenvalue weighted by molar-refractivity contribution is 7.80. The van der Waals surface area contributed by atoms with Crippen LogP contribution in [0.1, 0.15) is 30.9 Å². The Labute approximate surface area is 128 Å². The van der Waals surface area contributed by atoms with Crippen LogP contribution in [0.2, 0.25) is 0 Å². The zero-order valence-corrected chi connectivity index (χ0v) is 12.7. The molecule has 0 bridgehead atoms. The van der Waals surface area contributed by atoms with Crippen LogP contribution in [0.5, 0.6) is 0 Å². The lowest BCUT2D eigenvalue weighted by atomic mass is 9.80. The van der Waals surface area contributed by atoms with Crippen LogP contribution in [0.4, 0.5) is 13.2 Å². The summed E-state index contributed by atoms with van der Waals surface area (Å²) < 4.78 is 37.5. The molecule has 1 fully saturated rings. The van der Waals surface area contributed by atoms with Gasteiger partial charge in [0.15, 0.2) is 0 Å². The van der Waals surface area contributed by atoms with E-state index in [-0.39, 0.29) is 5.41 Å². The zero-order valence-electron chi connectivity index (χ0n) is 11.9. The SMILES string of the molecule is CC1(C(N)=S)CCN(Cc2ccc(C(F)(F)F)cc2)CC1. The molecule has 1 aliphatic heterocycles. The van der Waals surface area contributed by atoms with Gasteiger partial charge in [0.25, 0.3) is 0 Å². The Hall–Kier alpha value is -1.14. The summed E-state index contributed by atoms with van der Waals surface area (Å²) in [6, 6.07) is 5.37. The number of nitrogens with two attached hydrogens (primary N) is 1. The molecule has 116 valence electrons. The Kier molecular flexibility index (Phi) is 4.58. The fourth-order valence-electron chi connectivity index (χ4n) is 2.51. The topological polar surface area (TPSA) is 29.3 Å². The van der Waals surface area contributed by atoms with Crippen LogP contribution >= 0.6 is 12.2 Å². The van der Waals surface area contributed by atoms with E-state index in [0.29, 0.717) is 11.5 Å². The zero-order chi connectivity index (χ0) is 15.7. The first kappa shape index (κ1) is 16.2. The predicted molar refractivity (Wildman–Crippen MR) is 80.8 cm³/mol. The molecule has 1 aliphatic rings. The Bertz CT molecular complexity index is 503. The standard InChI is InChI=1S/C15H19F3N2S/c1-14(13(19)21)6-8-20(9-7-14)10-11-2-4-12(5-3-11)15(16,17)18/h2-5H,6-10H2,1H3,(H2,19,21). The van der Waals surface area contributed by atoms with Crippen molar-refractivity contribution in [3.63, 3.8) is 0 Å². The summed E-state index contributed by atoms with van der Waals surface area (Å²) in [7, 11) is 0. The van der Waals surface area contributed by atoms with E-state index in [0.717, 1.165) is 43.6 Å². The van der Waals surface area contributed by atoms with E-state index in [1.165, 1.54) is 0 Å². The van der Waals surface area contributed by atoms with Crippen molar-refractivity contribution in [3.05, 3.63) is 35.4 Å². The minimum absolute atomic E-state index is 0.0913. The number of nitrogens with zero attached hydrogens (tertiary/aromatic N) is 1. The number of alkyl halides is 3. The fourth-order valence-corrected chi connectivity index (χ4v) is 2.71. The van der Waals surface area contributed by atoms with E-state index in [2.05, 4.69) is 11.8 Å². The van der Waals surface area contributed by atoms with E-state index < -0.39 is 11.7 Å². The number of piperidine rings is 1. The molecule has 0 unspecified atom stereocenters. The molecule has 2 N–H and O–H groups in total. The van der Waals surface area contributed by atoms with Gasteiger partial charge in [-0.2, -0.15) is 13.2 Å². The summed E-state index contributed by atoms with van der Waals surface area (Å²) in [4.78, 5) is 2.78. The maximum absolute atomic E-state index is 12.5. The highest BCUT2D eigenvalue weighted by Gasteiger charge is 2.33. The second-order valence-corrected chi connectivity index (χ2v) is 6.34. The summed E-state index contributed by atoms with van der Waals surface area (Å²) in [5, 5.41) is 0. The maximum Gasteiger partial charge on any atom is 0.416 e. The Morgan fingerprint density at radius 1 is 1.24 bits per heavy atom. The predicted octanol–water partition coefficient (Wildman–Crippen LogP) is 3.59. The van der Waals surface area contributed by atoms with Crippen molar-refractivity contribution in [1.82, 2.24) is 4.90 Å². The average molecular weight is 316 g/mol. The first-order valence-electron chi connectivity index (χ1n) is 6.89. The lowest BCUT2D eigenvalue weighted by molar-refractivity contribution is -0.137. The number of benzene rings is 1. The van der Waals surface area contributed by atoms with Gasteiger partial charge in [-0.1, -0.05) is 31.3 Å². The minimum Gasteiger partial charge on any atom is -0.393 e. The van der Waals surface area contributed by atoms with Crippen LogP contribution < -0.4 is 5.73 Å². The van der Waals surface area contributed by atoms with Gasteiger partial charge >= 0.3 is 6.18 Å². The summed E-state index contributed by atoms with van der Waals surface area (Å²) in [6.45, 7) is 4.44. The average Bonchev–Trinajstić information content (AvgIpc) is 2.41. The number of likely N-dealkylation sites (tertiary alicyclic amines) is 1. The monoisotopic (exact) mass is 316 g/mol. The van der Waals surface area contributed by atoms with E-state index in [1.54, 1.807) is 12.1 Å². The van der Waals surface area contributed by atoms with Gasteiger partial charge in [0.1, 0.15) is 0 Å². The van der Waals surface area contributed by atoms with Gasteiger partial charge < -0.3 is 5.73 Å². The van der Waals surface area contributed by atoms with Crippen molar-refractivity contribution in [1.29, 1.82) is 0 Å². The lowest BCUT2D eigenvalue weighted by Crippen LogP contribution is -2.44. The Morgan fingerprint density at radius 3 is 2.19 bits per heavy atom. The van der Waals surface area contributed by atoms with Crippen molar-refractivity contribution in [3.8, 4) is 0 Å². The van der Waals surface area contributed by atoms with E-state index in [9.17, 15) is 13.2 Å². The van der Waals surface area contributed by atoms with Crippen LogP contribution in [-0.4, -0.2) is 23.0 Å². The summed E-state index contributed by atoms with van der Waals surface area (Å²) in [6.07, 6.45) is -2.49. The quantitative estimate of drug-likeness (QED) is 0.864. The number of hydrogen-bond donors (Lipinski definition) is 1. The Morgan fingerprint density at radius 2 is 1.76 bits per heavy atom. The minimum atomic E-state index is -4.28. The van der Waals surface area contributed by atoms with Crippen LogP contribution in [0.25, 0.3) is 0 Å². The van der Waals surface area contributed by atoms with Gasteiger partial charge in [0.05, 0.1) is 10.6 Å². The molecule has 2 rings (SSSR count). The number of hydrogen-bond acceptors (Lipinski definition) is 2. The van der Waals surface area contributed by atoms with Crippen LogP contribution in [0.15, 0.2) is 24.3 Å². The smallest absolute Gasteiger partial charge is 0.393 e. The van der Waals surface area contributed by atoms with Gasteiger partial charge in [-0.25, -0.2) is 0 Å². The van der Waals surface area contributed by atoms with Gasteiger partial charge in [-0.3, -0.25) is 4.90 Å².